The summed E-state index contributed by atoms with van der Waals surface area (Å²) in [5.74, 6) is -1.17. The van der Waals surface area contributed by atoms with Gasteiger partial charge in [-0.3, -0.25) is 19.1 Å². The molecule has 1 heterocycles. The van der Waals surface area contributed by atoms with Gasteiger partial charge in [0.15, 0.2) is 6.10 Å². The zero-order valence-electron chi connectivity index (χ0n) is 9.55. The molecule has 0 saturated heterocycles. The van der Waals surface area contributed by atoms with Crippen LogP contribution in [0.3, 0.4) is 0 Å². The van der Waals surface area contributed by atoms with E-state index in [-0.39, 0.29) is 6.42 Å². The fourth-order valence-electron chi connectivity index (χ4n) is 1.88. The van der Waals surface area contributed by atoms with Crippen LogP contribution in [-0.4, -0.2) is 21.6 Å². The topological polar surface area (TPSA) is 81.2 Å². The van der Waals surface area contributed by atoms with Gasteiger partial charge in [0.2, 0.25) is 0 Å². The first-order valence-corrected chi connectivity index (χ1v) is 5.33. The first-order valence-electron chi connectivity index (χ1n) is 5.33. The Kier molecular flexibility index (Phi) is 3.14. The Balaban J connectivity index is 2.25. The second-order valence-corrected chi connectivity index (χ2v) is 3.97. The zero-order valence-corrected chi connectivity index (χ0v) is 9.55. The number of carbonyl (C=O) groups excluding carboxylic acids is 1. The second-order valence-electron chi connectivity index (χ2n) is 3.97. The van der Waals surface area contributed by atoms with Crippen LogP contribution in [0.15, 0.2) is 33.8 Å². The van der Waals surface area contributed by atoms with E-state index in [1.807, 2.05) is 0 Å². The quantitative estimate of drug-likeness (QED) is 0.768. The summed E-state index contributed by atoms with van der Waals surface area (Å²) in [6.45, 7) is 1.19. The average Bonchev–Trinajstić information content (AvgIpc) is 2.59. The first kappa shape index (κ1) is 12.3. The van der Waals surface area contributed by atoms with Crippen molar-refractivity contribution in [1.29, 1.82) is 0 Å². The van der Waals surface area contributed by atoms with Gasteiger partial charge in [-0.25, -0.2) is 9.18 Å². The number of ether oxygens (including phenoxy) is 1. The molecule has 96 valence electrons. The molecular weight excluding hydrogens is 243 g/mol. The average molecular weight is 254 g/mol. The number of carbonyl (C=O) groups is 1. The molecule has 0 amide bonds. The van der Waals surface area contributed by atoms with Crippen molar-refractivity contribution in [3.63, 3.8) is 0 Å². The second kappa shape index (κ2) is 4.59. The highest BCUT2D eigenvalue weighted by Gasteiger charge is 2.30. The SMILES string of the molecule is CC(=O)O[C@@H]1C[C@H](n2ccc(=O)[nH]c2=O)C=C1F. The molecule has 7 heteroatoms. The molecule has 0 bridgehead atoms. The molecule has 2 rings (SSSR count). The Morgan fingerprint density at radius 1 is 1.56 bits per heavy atom. The van der Waals surface area contributed by atoms with Gasteiger partial charge in [0.1, 0.15) is 5.83 Å². The Morgan fingerprint density at radius 2 is 2.28 bits per heavy atom. The van der Waals surface area contributed by atoms with E-state index in [0.29, 0.717) is 0 Å². The molecule has 0 saturated carbocycles. The number of rotatable bonds is 2. The molecule has 0 aromatic carbocycles. The molecule has 0 spiro atoms. The summed E-state index contributed by atoms with van der Waals surface area (Å²) in [5.41, 5.74) is -1.14. The van der Waals surface area contributed by atoms with Crippen molar-refractivity contribution in [2.75, 3.05) is 0 Å². The van der Waals surface area contributed by atoms with Gasteiger partial charge in [0.25, 0.3) is 5.56 Å². The predicted octanol–water partition coefficient (Wildman–Crippen LogP) is 0.267. The van der Waals surface area contributed by atoms with E-state index in [1.165, 1.54) is 29.8 Å². The van der Waals surface area contributed by atoms with Gasteiger partial charge in [0, 0.05) is 25.6 Å². The molecule has 1 aliphatic rings. The number of H-pyrrole nitrogens is 1. The Morgan fingerprint density at radius 3 is 2.89 bits per heavy atom. The molecular formula is C11H11FN2O4. The van der Waals surface area contributed by atoms with E-state index in [0.717, 1.165) is 0 Å². The van der Waals surface area contributed by atoms with E-state index < -0.39 is 35.2 Å². The van der Waals surface area contributed by atoms with Gasteiger partial charge in [-0.1, -0.05) is 0 Å². The van der Waals surface area contributed by atoms with Crippen LogP contribution in [0.5, 0.6) is 0 Å². The minimum absolute atomic E-state index is 0.136. The van der Waals surface area contributed by atoms with E-state index >= 15 is 0 Å². The minimum atomic E-state index is -0.966. The lowest BCUT2D eigenvalue weighted by atomic mass is 10.2. The molecule has 6 nitrogen and oxygen atoms in total. The molecule has 0 unspecified atom stereocenters. The summed E-state index contributed by atoms with van der Waals surface area (Å²) < 4.78 is 19.4. The molecule has 1 aliphatic carbocycles. The van der Waals surface area contributed by atoms with Crippen molar-refractivity contribution in [3.05, 3.63) is 45.0 Å². The lowest BCUT2D eigenvalue weighted by Crippen LogP contribution is -2.31. The Labute approximate surface area is 101 Å². The van der Waals surface area contributed by atoms with E-state index in [2.05, 4.69) is 4.98 Å². The maximum absolute atomic E-state index is 13.5. The molecule has 0 radical (unpaired) electrons. The van der Waals surface area contributed by atoms with Crippen molar-refractivity contribution < 1.29 is 13.9 Å². The van der Waals surface area contributed by atoms with Crippen molar-refractivity contribution in [2.45, 2.75) is 25.5 Å². The smallest absolute Gasteiger partial charge is 0.328 e. The molecule has 1 aromatic rings. The maximum atomic E-state index is 13.5. The number of aromatic nitrogens is 2. The highest BCUT2D eigenvalue weighted by Crippen LogP contribution is 2.30. The highest BCUT2D eigenvalue weighted by atomic mass is 19.1. The summed E-state index contributed by atoms with van der Waals surface area (Å²) >= 11 is 0. The number of aromatic amines is 1. The molecule has 1 aromatic heterocycles. The Hall–Kier alpha value is -2.18. The first-order chi connectivity index (χ1) is 8.47. The fourth-order valence-corrected chi connectivity index (χ4v) is 1.88. The number of hydrogen-bond acceptors (Lipinski definition) is 4. The molecule has 18 heavy (non-hydrogen) atoms. The van der Waals surface area contributed by atoms with Crippen LogP contribution >= 0.6 is 0 Å². The fraction of sp³-hybridized carbons (Fsp3) is 0.364. The summed E-state index contributed by atoms with van der Waals surface area (Å²) in [5, 5.41) is 0. The van der Waals surface area contributed by atoms with Crippen molar-refractivity contribution in [2.24, 2.45) is 0 Å². The standard InChI is InChI=1S/C11H11FN2O4/c1-6(15)18-9-5-7(4-8(9)12)14-3-2-10(16)13-11(14)17/h2-4,7,9H,5H2,1H3,(H,13,16,17)/t7-,9-/m1/s1. The normalized spacial score (nSPS) is 22.7. The van der Waals surface area contributed by atoms with Crippen LogP contribution in [-0.2, 0) is 9.53 Å². The van der Waals surface area contributed by atoms with Gasteiger partial charge >= 0.3 is 11.7 Å². The minimum Gasteiger partial charge on any atom is -0.455 e. The monoisotopic (exact) mass is 254 g/mol. The van der Waals surface area contributed by atoms with Crippen molar-refractivity contribution >= 4 is 5.97 Å². The van der Waals surface area contributed by atoms with Crippen LogP contribution in [0.25, 0.3) is 0 Å². The number of allylic oxidation sites excluding steroid dienone is 1. The van der Waals surface area contributed by atoms with Crippen molar-refractivity contribution in [1.82, 2.24) is 9.55 Å². The number of halogens is 1. The summed E-state index contributed by atoms with van der Waals surface area (Å²) in [6.07, 6.45) is 1.66. The molecule has 1 N–H and O–H groups in total. The van der Waals surface area contributed by atoms with Gasteiger partial charge < -0.3 is 4.74 Å². The van der Waals surface area contributed by atoms with Gasteiger partial charge in [-0.2, -0.15) is 0 Å². The van der Waals surface area contributed by atoms with Gasteiger partial charge in [-0.15, -0.1) is 0 Å². The van der Waals surface area contributed by atoms with Crippen LogP contribution in [0.2, 0.25) is 0 Å². The summed E-state index contributed by atoms with van der Waals surface area (Å²) in [4.78, 5) is 35.3. The number of esters is 1. The molecule has 0 aliphatic heterocycles. The lowest BCUT2D eigenvalue weighted by Gasteiger charge is -2.13. The molecule has 2 atom stereocenters. The van der Waals surface area contributed by atoms with E-state index in [9.17, 15) is 18.8 Å². The van der Waals surface area contributed by atoms with Crippen LogP contribution in [0, 0.1) is 0 Å². The van der Waals surface area contributed by atoms with Crippen LogP contribution < -0.4 is 11.2 Å². The van der Waals surface area contributed by atoms with Gasteiger partial charge in [-0.05, 0) is 6.08 Å². The van der Waals surface area contributed by atoms with Crippen LogP contribution in [0.1, 0.15) is 19.4 Å². The predicted molar refractivity (Wildman–Crippen MR) is 59.7 cm³/mol. The highest BCUT2D eigenvalue weighted by molar-refractivity contribution is 5.66. The Bertz CT molecular complexity index is 616. The summed E-state index contributed by atoms with van der Waals surface area (Å²) in [6, 6.07) is 0.602. The number of nitrogens with one attached hydrogen (secondary N) is 1. The maximum Gasteiger partial charge on any atom is 0.328 e. The third-order valence-electron chi connectivity index (χ3n) is 2.63. The third-order valence-corrected chi connectivity index (χ3v) is 2.63. The van der Waals surface area contributed by atoms with E-state index in [4.69, 9.17) is 4.74 Å². The largest absolute Gasteiger partial charge is 0.455 e. The van der Waals surface area contributed by atoms with E-state index in [1.54, 1.807) is 0 Å². The third kappa shape index (κ3) is 2.39. The number of nitrogens with zero attached hydrogens (tertiary/aromatic N) is 1. The summed E-state index contributed by atoms with van der Waals surface area (Å²) in [7, 11) is 0. The molecule has 0 fully saturated rings. The lowest BCUT2D eigenvalue weighted by molar-refractivity contribution is -0.145. The zero-order chi connectivity index (χ0) is 13.3. The van der Waals surface area contributed by atoms with Crippen LogP contribution in [0.4, 0.5) is 4.39 Å². The number of hydrogen-bond donors (Lipinski definition) is 1. The van der Waals surface area contributed by atoms with Gasteiger partial charge in [0.05, 0.1) is 6.04 Å². The van der Waals surface area contributed by atoms with Crippen molar-refractivity contribution in [3.8, 4) is 0 Å².